The van der Waals surface area contributed by atoms with Crippen molar-refractivity contribution < 1.29 is 28.5 Å². The molecule has 180 valence electrons. The normalized spacial score (nSPS) is 23.8. The van der Waals surface area contributed by atoms with Gasteiger partial charge in [0.2, 0.25) is 0 Å². The summed E-state index contributed by atoms with van der Waals surface area (Å²) < 4.78 is 23.6. The fourth-order valence-electron chi connectivity index (χ4n) is 4.84. The minimum Gasteiger partial charge on any atom is -0.469 e. The number of ether oxygens (including phenoxy) is 3. The first kappa shape index (κ1) is 25.6. The largest absolute Gasteiger partial charge is 0.469 e. The monoisotopic (exact) mass is 472 g/mol. The van der Waals surface area contributed by atoms with Gasteiger partial charge in [0.05, 0.1) is 32.3 Å². The molecule has 1 N–H and O–H groups in total. The van der Waals surface area contributed by atoms with Crippen LogP contribution in [0.3, 0.4) is 0 Å². The van der Waals surface area contributed by atoms with E-state index in [-0.39, 0.29) is 24.5 Å². The summed E-state index contributed by atoms with van der Waals surface area (Å²) >= 11 is 0. The Morgan fingerprint density at radius 3 is 2.06 bits per heavy atom. The van der Waals surface area contributed by atoms with E-state index in [1.165, 1.54) is 24.6 Å². The maximum absolute atomic E-state index is 12.0. The predicted molar refractivity (Wildman–Crippen MR) is 130 cm³/mol. The van der Waals surface area contributed by atoms with Gasteiger partial charge in [-0.25, -0.2) is 0 Å². The summed E-state index contributed by atoms with van der Waals surface area (Å²) in [5, 5.41) is 12.8. The Morgan fingerprint density at radius 2 is 1.61 bits per heavy atom. The molecule has 6 nitrogen and oxygen atoms in total. The van der Waals surface area contributed by atoms with E-state index in [0.717, 1.165) is 0 Å². The predicted octanol–water partition coefficient (Wildman–Crippen LogP) is 3.01. The molecular formula is C26H36O6Si. The molecule has 0 radical (unpaired) electrons. The minimum atomic E-state index is -2.74. The third-order valence-electron chi connectivity index (χ3n) is 6.38. The van der Waals surface area contributed by atoms with Crippen LogP contribution in [0.15, 0.2) is 60.7 Å². The maximum Gasteiger partial charge on any atom is 0.310 e. The van der Waals surface area contributed by atoms with Crippen molar-refractivity contribution in [3.8, 4) is 0 Å². The molecule has 7 heteroatoms. The average molecular weight is 473 g/mol. The molecule has 0 amide bonds. The van der Waals surface area contributed by atoms with Crippen LogP contribution in [0, 0.1) is 0 Å². The molecule has 1 aliphatic heterocycles. The Kier molecular flexibility index (Phi) is 8.13. The third kappa shape index (κ3) is 5.55. The van der Waals surface area contributed by atoms with Crippen molar-refractivity contribution >= 4 is 24.7 Å². The zero-order valence-corrected chi connectivity index (χ0v) is 21.2. The van der Waals surface area contributed by atoms with Crippen molar-refractivity contribution in [2.45, 2.75) is 63.1 Å². The molecule has 0 unspecified atom stereocenters. The van der Waals surface area contributed by atoms with Gasteiger partial charge in [-0.1, -0.05) is 81.4 Å². The maximum atomic E-state index is 12.0. The molecule has 0 bridgehead atoms. The first-order chi connectivity index (χ1) is 15.7. The molecule has 33 heavy (non-hydrogen) atoms. The van der Waals surface area contributed by atoms with Gasteiger partial charge in [-0.2, -0.15) is 0 Å². The average Bonchev–Trinajstić information content (AvgIpc) is 2.79. The zero-order valence-electron chi connectivity index (χ0n) is 20.2. The summed E-state index contributed by atoms with van der Waals surface area (Å²) in [6, 6.07) is 20.7. The second-order valence-electron chi connectivity index (χ2n) is 9.68. The molecule has 1 heterocycles. The van der Waals surface area contributed by atoms with E-state index in [0.29, 0.717) is 6.42 Å². The number of benzene rings is 2. The molecule has 1 aliphatic rings. The molecule has 2 aromatic carbocycles. The van der Waals surface area contributed by atoms with Crippen molar-refractivity contribution in [3.05, 3.63) is 60.7 Å². The molecule has 0 spiro atoms. The van der Waals surface area contributed by atoms with E-state index in [4.69, 9.17) is 18.6 Å². The van der Waals surface area contributed by atoms with Gasteiger partial charge < -0.3 is 23.7 Å². The summed E-state index contributed by atoms with van der Waals surface area (Å²) in [6.45, 7) is 6.92. The molecule has 0 aromatic heterocycles. The lowest BCUT2D eigenvalue weighted by molar-refractivity contribution is -0.290. The summed E-state index contributed by atoms with van der Waals surface area (Å²) in [5.74, 6) is -1.68. The molecule has 3 rings (SSSR count). The number of esters is 1. The molecule has 0 saturated carbocycles. The fourth-order valence-corrected chi connectivity index (χ4v) is 9.43. The van der Waals surface area contributed by atoms with Gasteiger partial charge in [0.15, 0.2) is 5.79 Å². The Bertz CT molecular complexity index is 859. The number of hydrogen-bond donors (Lipinski definition) is 1. The Morgan fingerprint density at radius 1 is 1.06 bits per heavy atom. The number of methoxy groups -OCH3 is 2. The van der Waals surface area contributed by atoms with Crippen molar-refractivity contribution in [1.82, 2.24) is 0 Å². The minimum absolute atomic E-state index is 0.0905. The van der Waals surface area contributed by atoms with E-state index in [2.05, 4.69) is 45.0 Å². The molecule has 0 aliphatic carbocycles. The van der Waals surface area contributed by atoms with Crippen LogP contribution in [0.2, 0.25) is 5.04 Å². The highest BCUT2D eigenvalue weighted by atomic mass is 28.4. The number of aliphatic hydroxyl groups excluding tert-OH is 1. The van der Waals surface area contributed by atoms with E-state index < -0.39 is 32.3 Å². The smallest absolute Gasteiger partial charge is 0.310 e. The van der Waals surface area contributed by atoms with Crippen LogP contribution < -0.4 is 10.4 Å². The lowest BCUT2D eigenvalue weighted by Crippen LogP contribution is -2.67. The lowest BCUT2D eigenvalue weighted by Gasteiger charge is -2.46. The van der Waals surface area contributed by atoms with E-state index in [1.807, 2.05) is 36.4 Å². The van der Waals surface area contributed by atoms with E-state index in [9.17, 15) is 9.90 Å². The van der Waals surface area contributed by atoms with Crippen molar-refractivity contribution in [1.29, 1.82) is 0 Å². The quantitative estimate of drug-likeness (QED) is 0.470. The van der Waals surface area contributed by atoms with Crippen molar-refractivity contribution in [3.63, 3.8) is 0 Å². The van der Waals surface area contributed by atoms with Gasteiger partial charge in [0, 0.05) is 20.0 Å². The number of carbonyl (C=O) groups is 1. The standard InChI is InChI=1S/C26H36O6Si/c1-25(2,3)33(22-12-8-6-9-13-22,23-14-10-7-11-15-23)31-19-21-16-20(27)17-26(30-5,32-21)18-24(28)29-4/h6-15,20-21,27H,16-19H2,1-5H3/t20-,21+,26-/m0/s1. The van der Waals surface area contributed by atoms with Gasteiger partial charge in [-0.15, -0.1) is 0 Å². The molecular weight excluding hydrogens is 436 g/mol. The summed E-state index contributed by atoms with van der Waals surface area (Å²) in [4.78, 5) is 12.0. The van der Waals surface area contributed by atoms with E-state index in [1.54, 1.807) is 0 Å². The molecule has 2 aromatic rings. The summed E-state index contributed by atoms with van der Waals surface area (Å²) in [7, 11) is 0.0702. The topological polar surface area (TPSA) is 74.2 Å². The lowest BCUT2D eigenvalue weighted by atomic mass is 9.96. The number of carbonyl (C=O) groups excluding carboxylic acids is 1. The van der Waals surface area contributed by atoms with Crippen LogP contribution in [0.4, 0.5) is 0 Å². The highest BCUT2D eigenvalue weighted by Gasteiger charge is 2.51. The first-order valence-corrected chi connectivity index (χ1v) is 13.3. The summed E-state index contributed by atoms with van der Waals surface area (Å²) in [5.41, 5.74) is 0. The summed E-state index contributed by atoms with van der Waals surface area (Å²) in [6.07, 6.45) is -0.581. The number of rotatable bonds is 8. The van der Waals surface area contributed by atoms with Gasteiger partial charge in [-0.05, 0) is 15.4 Å². The second kappa shape index (κ2) is 10.5. The SMILES string of the molecule is COC(=O)C[C@]1(OC)C[C@@H](O)C[C@H](CO[Si](c2ccccc2)(c2ccccc2)C(C)(C)C)O1. The van der Waals surface area contributed by atoms with Gasteiger partial charge >= 0.3 is 5.97 Å². The number of aliphatic hydroxyl groups is 1. The van der Waals surface area contributed by atoms with Crippen LogP contribution >= 0.6 is 0 Å². The first-order valence-electron chi connectivity index (χ1n) is 11.4. The van der Waals surface area contributed by atoms with E-state index >= 15 is 0 Å². The molecule has 1 fully saturated rings. The van der Waals surface area contributed by atoms with Crippen molar-refractivity contribution in [2.24, 2.45) is 0 Å². The van der Waals surface area contributed by atoms with Crippen molar-refractivity contribution in [2.75, 3.05) is 20.8 Å². The third-order valence-corrected chi connectivity index (χ3v) is 11.4. The fraction of sp³-hybridized carbons (Fsp3) is 0.500. The Labute approximate surface area is 198 Å². The Hall–Kier alpha value is -2.03. The van der Waals surface area contributed by atoms with Crippen LogP contribution in [0.5, 0.6) is 0 Å². The van der Waals surface area contributed by atoms with Gasteiger partial charge in [0.25, 0.3) is 8.32 Å². The molecule has 1 saturated heterocycles. The van der Waals surface area contributed by atoms with Crippen LogP contribution in [0.1, 0.15) is 40.0 Å². The highest BCUT2D eigenvalue weighted by Crippen LogP contribution is 2.38. The zero-order chi connectivity index (χ0) is 24.1. The van der Waals surface area contributed by atoms with Crippen LogP contribution in [-0.2, 0) is 23.4 Å². The highest BCUT2D eigenvalue weighted by molar-refractivity contribution is 6.99. The second-order valence-corrected chi connectivity index (χ2v) is 14.0. The van der Waals surface area contributed by atoms with Crippen LogP contribution in [0.25, 0.3) is 0 Å². The van der Waals surface area contributed by atoms with Gasteiger partial charge in [0.1, 0.15) is 0 Å². The Balaban J connectivity index is 1.95. The van der Waals surface area contributed by atoms with Gasteiger partial charge in [-0.3, -0.25) is 4.79 Å². The number of hydrogen-bond acceptors (Lipinski definition) is 6. The molecule has 3 atom stereocenters. The van der Waals surface area contributed by atoms with Crippen LogP contribution in [-0.4, -0.2) is 58.2 Å².